The number of thiol groups is 1. The second-order valence-electron chi connectivity index (χ2n) is 11.5. The van der Waals surface area contributed by atoms with Crippen molar-refractivity contribution in [2.24, 2.45) is 28.9 Å². The molecule has 1 saturated heterocycles. The van der Waals surface area contributed by atoms with Crippen LogP contribution in [0.3, 0.4) is 0 Å². The summed E-state index contributed by atoms with van der Waals surface area (Å²) in [4.78, 5) is 102. The van der Waals surface area contributed by atoms with Crippen molar-refractivity contribution in [2.45, 2.75) is 101 Å². The molecule has 266 valence electrons. The summed E-state index contributed by atoms with van der Waals surface area (Å²) in [6.07, 6.45) is 0.926. The number of aliphatic carboxylic acids is 1. The Bertz CT molecular complexity index is 1160. The fraction of sp³-hybridized carbons (Fsp3) is 0.714. The monoisotopic (exact) mass is 687 g/mol. The van der Waals surface area contributed by atoms with E-state index in [1.807, 2.05) is 13.8 Å². The van der Waals surface area contributed by atoms with Crippen molar-refractivity contribution in [1.82, 2.24) is 26.2 Å². The molecule has 0 aromatic heterocycles. The van der Waals surface area contributed by atoms with Crippen LogP contribution >= 0.6 is 12.6 Å². The van der Waals surface area contributed by atoms with Crippen LogP contribution in [0.2, 0.25) is 0 Å². The largest absolute Gasteiger partial charge is 0.480 e. The number of hydrogen-bond donors (Lipinski definition) is 10. The first-order valence-electron chi connectivity index (χ1n) is 15.5. The van der Waals surface area contributed by atoms with Crippen LogP contribution in [0, 0.1) is 5.92 Å². The fourth-order valence-corrected chi connectivity index (χ4v) is 5.10. The number of primary amides is 2. The van der Waals surface area contributed by atoms with Crippen LogP contribution < -0.4 is 44.2 Å². The molecule has 0 spiro atoms. The van der Waals surface area contributed by atoms with Crippen molar-refractivity contribution in [2.75, 3.05) is 18.8 Å². The maximum absolute atomic E-state index is 13.2. The van der Waals surface area contributed by atoms with Gasteiger partial charge < -0.3 is 54.2 Å². The lowest BCUT2D eigenvalue weighted by Gasteiger charge is -2.30. The molecule has 0 aromatic carbocycles. The molecule has 0 unspecified atom stereocenters. The van der Waals surface area contributed by atoms with Crippen LogP contribution in [0.1, 0.15) is 65.2 Å². The molecular weight excluding hydrogens is 638 g/mol. The molecule has 1 fully saturated rings. The third kappa shape index (κ3) is 13.3. The van der Waals surface area contributed by atoms with Gasteiger partial charge in [0, 0.05) is 12.3 Å². The number of amides is 7. The van der Waals surface area contributed by atoms with Gasteiger partial charge in [0.15, 0.2) is 0 Å². The van der Waals surface area contributed by atoms with Crippen molar-refractivity contribution >= 4 is 59.9 Å². The molecule has 7 amide bonds. The molecular formula is C28H49N9O9S. The molecule has 0 saturated carbocycles. The zero-order valence-corrected chi connectivity index (χ0v) is 27.6. The second kappa shape index (κ2) is 20.3. The number of nitrogens with two attached hydrogens (primary N) is 4. The Kier molecular flexibility index (Phi) is 17.7. The third-order valence-electron chi connectivity index (χ3n) is 7.83. The number of hydrogen-bond acceptors (Lipinski definition) is 11. The van der Waals surface area contributed by atoms with Crippen LogP contribution in [-0.2, 0) is 38.4 Å². The van der Waals surface area contributed by atoms with E-state index in [0.29, 0.717) is 45.2 Å². The Labute approximate surface area is 278 Å². The number of carbonyl (C=O) groups excluding carboxylic acids is 7. The Morgan fingerprint density at radius 2 is 1.36 bits per heavy atom. The van der Waals surface area contributed by atoms with E-state index in [2.05, 4.69) is 33.9 Å². The predicted molar refractivity (Wildman–Crippen MR) is 172 cm³/mol. The van der Waals surface area contributed by atoms with Gasteiger partial charge in [0.2, 0.25) is 41.4 Å². The number of rotatable bonds is 21. The zero-order valence-electron chi connectivity index (χ0n) is 26.7. The Hall–Kier alpha value is -3.97. The maximum atomic E-state index is 13.2. The van der Waals surface area contributed by atoms with E-state index in [1.165, 1.54) is 4.90 Å². The Morgan fingerprint density at radius 1 is 0.851 bits per heavy atom. The first kappa shape index (κ1) is 41.1. The average Bonchev–Trinajstić information content (AvgIpc) is 3.50. The first-order chi connectivity index (χ1) is 22.1. The summed E-state index contributed by atoms with van der Waals surface area (Å²) in [6, 6.07) is -7.74. The van der Waals surface area contributed by atoms with Crippen molar-refractivity contribution < 1.29 is 43.5 Å². The van der Waals surface area contributed by atoms with Gasteiger partial charge in [0.1, 0.15) is 30.2 Å². The Balaban J connectivity index is 3.06. The molecule has 1 aliphatic heterocycles. The van der Waals surface area contributed by atoms with Gasteiger partial charge in [-0.25, -0.2) is 4.79 Å². The summed E-state index contributed by atoms with van der Waals surface area (Å²) in [5, 5.41) is 18.7. The van der Waals surface area contributed by atoms with Crippen LogP contribution in [0.5, 0.6) is 0 Å². The minimum absolute atomic E-state index is 0.0180. The quantitative estimate of drug-likeness (QED) is 0.0412. The number of nitrogens with zero attached hydrogens (tertiary/aromatic N) is 1. The van der Waals surface area contributed by atoms with Gasteiger partial charge in [-0.05, 0) is 44.6 Å². The lowest BCUT2D eigenvalue weighted by atomic mass is 9.98. The molecule has 1 rings (SSSR count). The molecule has 18 nitrogen and oxygen atoms in total. The van der Waals surface area contributed by atoms with E-state index in [-0.39, 0.29) is 24.0 Å². The maximum Gasteiger partial charge on any atom is 0.326 e. The second-order valence-corrected chi connectivity index (χ2v) is 11.9. The van der Waals surface area contributed by atoms with E-state index in [0.717, 1.165) is 0 Å². The normalized spacial score (nSPS) is 18.1. The summed E-state index contributed by atoms with van der Waals surface area (Å²) >= 11 is 4.12. The first-order valence-corrected chi connectivity index (χ1v) is 16.1. The summed E-state index contributed by atoms with van der Waals surface area (Å²) in [7, 11) is 0. The number of likely N-dealkylation sites (tertiary alicyclic amines) is 1. The zero-order chi connectivity index (χ0) is 35.8. The van der Waals surface area contributed by atoms with E-state index < -0.39 is 90.5 Å². The van der Waals surface area contributed by atoms with Gasteiger partial charge in [0.25, 0.3) is 0 Å². The molecule has 1 aliphatic rings. The highest BCUT2D eigenvalue weighted by Gasteiger charge is 2.39. The molecule has 1 heterocycles. The van der Waals surface area contributed by atoms with E-state index in [1.54, 1.807) is 0 Å². The minimum atomic E-state index is -1.68. The van der Waals surface area contributed by atoms with Gasteiger partial charge in [-0.3, -0.25) is 33.6 Å². The summed E-state index contributed by atoms with van der Waals surface area (Å²) in [5.74, 6) is -7.90. The number of unbranched alkanes of at least 4 members (excludes halogenated alkanes) is 1. The van der Waals surface area contributed by atoms with Crippen molar-refractivity contribution in [3.8, 4) is 0 Å². The molecule has 7 atom stereocenters. The lowest BCUT2D eigenvalue weighted by Crippen LogP contribution is -2.60. The Morgan fingerprint density at radius 3 is 1.81 bits per heavy atom. The number of carboxylic acids is 1. The number of carboxylic acid groups (broad SMARTS) is 1. The SMILES string of the molecule is CC[C@H](C)[C@H](N)C(=O)N1CCC[C@H]1C(=O)N[C@@H](CS)C(=O)N[C@@H](CC(N)=O)C(=O)N[C@@H](CC(N)=O)C(=O)N[C@@H](CCCCN)C(=O)O. The topological polar surface area (TPSA) is 312 Å². The number of carbonyl (C=O) groups is 8. The number of nitrogens with one attached hydrogen (secondary N) is 4. The average molecular weight is 688 g/mol. The fourth-order valence-electron chi connectivity index (χ4n) is 4.84. The minimum Gasteiger partial charge on any atom is -0.480 e. The summed E-state index contributed by atoms with van der Waals surface area (Å²) < 4.78 is 0. The third-order valence-corrected chi connectivity index (χ3v) is 8.20. The van der Waals surface area contributed by atoms with Crippen LogP contribution in [0.4, 0.5) is 0 Å². The summed E-state index contributed by atoms with van der Waals surface area (Å²) in [5.41, 5.74) is 22.0. The standard InChI is InChI=1S/C28H49N9O9S/c1-3-14(2)22(32)27(44)37-10-6-8-19(37)26(43)36-18(13-47)25(42)35-17(12-21(31)39)24(41)34-16(11-20(30)38)23(40)33-15(28(45)46)7-4-5-9-29/h14-19,22,47H,3-13,29,32H2,1-2H3,(H2,30,38)(H2,31,39)(H,33,40)(H,34,41)(H,35,42)(H,36,43)(H,45,46)/t14-,15-,16-,17-,18-,19-,22-/m0/s1. The van der Waals surface area contributed by atoms with Crippen molar-refractivity contribution in [3.05, 3.63) is 0 Å². The molecule has 0 aliphatic carbocycles. The molecule has 13 N–H and O–H groups in total. The van der Waals surface area contributed by atoms with Gasteiger partial charge >= 0.3 is 5.97 Å². The molecule has 0 aromatic rings. The summed E-state index contributed by atoms with van der Waals surface area (Å²) in [6.45, 7) is 4.33. The lowest BCUT2D eigenvalue weighted by molar-refractivity contribution is -0.143. The van der Waals surface area contributed by atoms with Crippen LogP contribution in [-0.4, -0.2) is 112 Å². The van der Waals surface area contributed by atoms with Crippen molar-refractivity contribution in [1.29, 1.82) is 0 Å². The van der Waals surface area contributed by atoms with Crippen LogP contribution in [0.25, 0.3) is 0 Å². The van der Waals surface area contributed by atoms with E-state index >= 15 is 0 Å². The highest BCUT2D eigenvalue weighted by Crippen LogP contribution is 2.21. The van der Waals surface area contributed by atoms with Gasteiger partial charge in [-0.15, -0.1) is 0 Å². The van der Waals surface area contributed by atoms with Gasteiger partial charge in [-0.2, -0.15) is 12.6 Å². The highest BCUT2D eigenvalue weighted by atomic mass is 32.1. The predicted octanol–water partition coefficient (Wildman–Crippen LogP) is -3.82. The highest BCUT2D eigenvalue weighted by molar-refractivity contribution is 7.80. The van der Waals surface area contributed by atoms with E-state index in [4.69, 9.17) is 22.9 Å². The van der Waals surface area contributed by atoms with E-state index in [9.17, 15) is 43.5 Å². The van der Waals surface area contributed by atoms with Crippen LogP contribution in [0.15, 0.2) is 0 Å². The molecule has 0 radical (unpaired) electrons. The van der Waals surface area contributed by atoms with Gasteiger partial charge in [-0.1, -0.05) is 20.3 Å². The molecule has 0 bridgehead atoms. The molecule has 47 heavy (non-hydrogen) atoms. The molecule has 19 heteroatoms. The van der Waals surface area contributed by atoms with Gasteiger partial charge in [0.05, 0.1) is 18.9 Å². The van der Waals surface area contributed by atoms with Crippen molar-refractivity contribution in [3.63, 3.8) is 0 Å². The smallest absolute Gasteiger partial charge is 0.326 e.